The van der Waals surface area contributed by atoms with Gasteiger partial charge in [-0.3, -0.25) is 9.10 Å². The molecule has 2 rings (SSSR count). The third kappa shape index (κ3) is 3.71. The first-order valence-corrected chi connectivity index (χ1v) is 9.03. The third-order valence-corrected chi connectivity index (χ3v) is 5.79. The average molecular weight is 368 g/mol. The number of hydrogen-bond donors (Lipinski definition) is 0. The summed E-state index contributed by atoms with van der Waals surface area (Å²) in [4.78, 5) is 11.8. The molecular weight excluding hydrogens is 350 g/mol. The van der Waals surface area contributed by atoms with Crippen molar-refractivity contribution in [3.05, 3.63) is 54.1 Å². The number of sulfonamides is 1. The van der Waals surface area contributed by atoms with Gasteiger partial charge in [0.15, 0.2) is 0 Å². The molecule has 0 aliphatic heterocycles. The maximum atomic E-state index is 13.1. The molecule has 24 heavy (non-hydrogen) atoms. The Kier molecular flexibility index (Phi) is 5.51. The highest BCUT2D eigenvalue weighted by Gasteiger charge is 2.32. The average Bonchev–Trinajstić information content (AvgIpc) is 2.55. The maximum absolute atomic E-state index is 13.1. The first-order chi connectivity index (χ1) is 11.3. The van der Waals surface area contributed by atoms with Crippen LogP contribution in [0.3, 0.4) is 0 Å². The molecule has 0 N–H and O–H groups in total. The van der Waals surface area contributed by atoms with Crippen molar-refractivity contribution in [3.63, 3.8) is 0 Å². The van der Waals surface area contributed by atoms with Gasteiger partial charge in [-0.05, 0) is 49.7 Å². The molecule has 0 aliphatic rings. The van der Waals surface area contributed by atoms with Crippen LogP contribution in [0.2, 0.25) is 0 Å². The summed E-state index contributed by atoms with van der Waals surface area (Å²) in [5.41, 5.74) is 1.24. The Bertz CT molecular complexity index is 834. The minimum Gasteiger partial charge on any atom is -0.497 e. The monoisotopic (exact) mass is 367 g/mol. The van der Waals surface area contributed by atoms with Crippen molar-refractivity contribution in [3.8, 4) is 5.75 Å². The molecule has 0 amide bonds. The van der Waals surface area contributed by atoms with Crippen LogP contribution in [-0.2, 0) is 14.8 Å². The third-order valence-electron chi connectivity index (χ3n) is 3.57. The number of methoxy groups -OCH3 is 1. The highest BCUT2D eigenvalue weighted by molar-refractivity contribution is 7.93. The molecule has 0 radical (unpaired) electrons. The van der Waals surface area contributed by atoms with Gasteiger partial charge in [0.25, 0.3) is 10.0 Å². The normalized spacial score (nSPS) is 12.5. The van der Waals surface area contributed by atoms with Crippen molar-refractivity contribution in [2.75, 3.05) is 11.4 Å². The molecule has 0 fully saturated rings. The molecule has 0 spiro atoms. The Morgan fingerprint density at radius 2 is 1.79 bits per heavy atom. The predicted molar refractivity (Wildman–Crippen MR) is 94.2 cm³/mol. The quantitative estimate of drug-likeness (QED) is 0.734. The number of ether oxygens (including phenoxy) is 1. The lowest BCUT2D eigenvalue weighted by atomic mass is 10.2. The number of rotatable bonds is 6. The van der Waals surface area contributed by atoms with Crippen molar-refractivity contribution in [2.24, 2.45) is 0 Å². The summed E-state index contributed by atoms with van der Waals surface area (Å²) < 4.78 is 32.3. The van der Waals surface area contributed by atoms with Gasteiger partial charge in [-0.15, -0.1) is 0 Å². The van der Waals surface area contributed by atoms with Gasteiger partial charge in [-0.25, -0.2) is 8.42 Å². The van der Waals surface area contributed by atoms with E-state index < -0.39 is 21.3 Å². The Hall–Kier alpha value is -2.05. The summed E-state index contributed by atoms with van der Waals surface area (Å²) in [7, 11) is -2.49. The number of aryl methyl sites for hydroxylation is 1. The van der Waals surface area contributed by atoms with Gasteiger partial charge in [-0.1, -0.05) is 23.8 Å². The van der Waals surface area contributed by atoms with Crippen molar-refractivity contribution in [2.45, 2.75) is 24.8 Å². The van der Waals surface area contributed by atoms with Crippen LogP contribution in [0, 0.1) is 6.92 Å². The summed E-state index contributed by atoms with van der Waals surface area (Å²) in [6.45, 7) is 3.31. The van der Waals surface area contributed by atoms with Crippen LogP contribution < -0.4 is 9.04 Å². The lowest BCUT2D eigenvalue weighted by molar-refractivity contribution is -0.112. The van der Waals surface area contributed by atoms with Crippen molar-refractivity contribution in [1.29, 1.82) is 0 Å². The van der Waals surface area contributed by atoms with Crippen molar-refractivity contribution in [1.82, 2.24) is 0 Å². The SMILES string of the molecule is COc1cccc(N(C(C)C(=O)Cl)S(=O)(=O)c2ccc(C)cc2)c1. The fourth-order valence-electron chi connectivity index (χ4n) is 2.23. The van der Waals surface area contributed by atoms with Crippen LogP contribution in [0.25, 0.3) is 0 Å². The number of nitrogens with zero attached hydrogens (tertiary/aromatic N) is 1. The molecule has 128 valence electrons. The van der Waals surface area contributed by atoms with E-state index in [2.05, 4.69) is 0 Å². The van der Waals surface area contributed by atoms with Crippen LogP contribution in [0.1, 0.15) is 12.5 Å². The Labute approximate surface area is 146 Å². The lowest BCUT2D eigenvalue weighted by Gasteiger charge is -2.28. The van der Waals surface area contributed by atoms with E-state index in [4.69, 9.17) is 16.3 Å². The molecular formula is C17H18ClNO4S. The zero-order valence-electron chi connectivity index (χ0n) is 13.6. The second-order valence-corrected chi connectivity index (χ2v) is 7.48. The van der Waals surface area contributed by atoms with Crippen molar-refractivity contribution < 1.29 is 17.9 Å². The topological polar surface area (TPSA) is 63.7 Å². The molecule has 0 saturated carbocycles. The maximum Gasteiger partial charge on any atom is 0.265 e. The number of anilines is 1. The number of benzene rings is 2. The van der Waals surface area contributed by atoms with E-state index in [9.17, 15) is 13.2 Å². The Balaban J connectivity index is 2.61. The van der Waals surface area contributed by atoms with Crippen LogP contribution in [-0.4, -0.2) is 26.8 Å². The number of hydrogen-bond acceptors (Lipinski definition) is 4. The summed E-state index contributed by atoms with van der Waals surface area (Å²) in [5.74, 6) is 0.478. The first kappa shape index (κ1) is 18.3. The van der Waals surface area contributed by atoms with Crippen molar-refractivity contribution >= 4 is 32.6 Å². The second-order valence-electron chi connectivity index (χ2n) is 5.30. The van der Waals surface area contributed by atoms with E-state index in [0.29, 0.717) is 11.4 Å². The highest BCUT2D eigenvalue weighted by atomic mass is 35.5. The fraction of sp³-hybridized carbons (Fsp3) is 0.235. The standard InChI is InChI=1S/C17H18ClNO4S/c1-12-7-9-16(10-8-12)24(21,22)19(13(2)17(18)20)14-5-4-6-15(11-14)23-3/h4-11,13H,1-3H3. The molecule has 0 heterocycles. The molecule has 0 aliphatic carbocycles. The Morgan fingerprint density at radius 1 is 1.17 bits per heavy atom. The smallest absolute Gasteiger partial charge is 0.265 e. The fourth-order valence-corrected chi connectivity index (χ4v) is 4.00. The van der Waals surface area contributed by atoms with Crippen LogP contribution >= 0.6 is 11.6 Å². The number of carbonyl (C=O) groups is 1. The summed E-state index contributed by atoms with van der Waals surface area (Å²) in [6, 6.07) is 11.8. The molecule has 5 nitrogen and oxygen atoms in total. The van der Waals surface area contributed by atoms with E-state index in [1.165, 1.54) is 26.2 Å². The zero-order valence-corrected chi connectivity index (χ0v) is 15.1. The minimum absolute atomic E-state index is 0.0840. The second kappa shape index (κ2) is 7.23. The van der Waals surface area contributed by atoms with E-state index in [1.807, 2.05) is 6.92 Å². The molecule has 1 unspecified atom stereocenters. The van der Waals surface area contributed by atoms with Gasteiger partial charge in [-0.2, -0.15) is 0 Å². The van der Waals surface area contributed by atoms with Gasteiger partial charge in [0, 0.05) is 6.07 Å². The van der Waals surface area contributed by atoms with Gasteiger partial charge in [0.05, 0.1) is 17.7 Å². The predicted octanol–water partition coefficient (Wildman–Crippen LogP) is 3.35. The van der Waals surface area contributed by atoms with Gasteiger partial charge in [0.1, 0.15) is 11.8 Å². The van der Waals surface area contributed by atoms with Crippen LogP contribution in [0.4, 0.5) is 5.69 Å². The molecule has 0 saturated heterocycles. The zero-order chi connectivity index (χ0) is 17.9. The first-order valence-electron chi connectivity index (χ1n) is 7.22. The molecule has 0 bridgehead atoms. The lowest BCUT2D eigenvalue weighted by Crippen LogP contribution is -2.42. The van der Waals surface area contributed by atoms with E-state index in [-0.39, 0.29) is 4.90 Å². The van der Waals surface area contributed by atoms with Crippen LogP contribution in [0.5, 0.6) is 5.75 Å². The largest absolute Gasteiger partial charge is 0.497 e. The number of carbonyl (C=O) groups excluding carboxylic acids is 1. The van der Waals surface area contributed by atoms with Gasteiger partial charge < -0.3 is 4.74 Å². The molecule has 2 aromatic rings. The van der Waals surface area contributed by atoms with Gasteiger partial charge >= 0.3 is 0 Å². The van der Waals surface area contributed by atoms with E-state index in [1.54, 1.807) is 36.4 Å². The van der Waals surface area contributed by atoms with Crippen LogP contribution in [0.15, 0.2) is 53.4 Å². The van der Waals surface area contributed by atoms with E-state index in [0.717, 1.165) is 9.87 Å². The summed E-state index contributed by atoms with van der Waals surface area (Å²) >= 11 is 5.59. The van der Waals surface area contributed by atoms with E-state index >= 15 is 0 Å². The summed E-state index contributed by atoms with van der Waals surface area (Å²) in [5, 5.41) is -0.770. The molecule has 2 aromatic carbocycles. The molecule has 7 heteroatoms. The number of halogens is 1. The minimum atomic E-state index is -3.97. The van der Waals surface area contributed by atoms with Gasteiger partial charge in [0.2, 0.25) is 5.24 Å². The Morgan fingerprint density at radius 3 is 2.33 bits per heavy atom. The highest BCUT2D eigenvalue weighted by Crippen LogP contribution is 2.29. The summed E-state index contributed by atoms with van der Waals surface area (Å²) in [6.07, 6.45) is 0. The molecule has 1 atom stereocenters. The molecule has 0 aromatic heterocycles.